The lowest BCUT2D eigenvalue weighted by atomic mass is 10.1. The molecule has 0 unspecified atom stereocenters. The summed E-state index contributed by atoms with van der Waals surface area (Å²) in [4.78, 5) is 39.5. The third-order valence-corrected chi connectivity index (χ3v) is 7.59. The van der Waals surface area contributed by atoms with Gasteiger partial charge in [-0.1, -0.05) is 65.7 Å². The number of nitrogens with one attached hydrogen (secondary N) is 3. The minimum absolute atomic E-state index is 0.0470. The van der Waals surface area contributed by atoms with E-state index in [9.17, 15) is 14.4 Å². The fourth-order valence-corrected chi connectivity index (χ4v) is 4.80. The summed E-state index contributed by atoms with van der Waals surface area (Å²) >= 11 is 13.5. The van der Waals surface area contributed by atoms with E-state index in [0.29, 0.717) is 39.9 Å². The van der Waals surface area contributed by atoms with E-state index < -0.39 is 11.8 Å². The molecule has 0 heterocycles. The first-order chi connectivity index (χ1) is 20.3. The lowest BCUT2D eigenvalue weighted by Gasteiger charge is -2.13. The first kappa shape index (κ1) is 30.7. The minimum atomic E-state index is -0.510. The molecule has 0 bridgehead atoms. The Morgan fingerprint density at radius 2 is 1.55 bits per heavy atom. The number of halogens is 2. The molecule has 0 spiro atoms. The van der Waals surface area contributed by atoms with Gasteiger partial charge in [0.25, 0.3) is 11.8 Å². The smallest absolute Gasteiger partial charge is 0.272 e. The molecule has 0 saturated carbocycles. The predicted octanol–water partition coefficient (Wildman–Crippen LogP) is 7.53. The number of carbonyl (C=O) groups is 3. The van der Waals surface area contributed by atoms with Gasteiger partial charge in [-0.05, 0) is 67.6 Å². The Kier molecular flexibility index (Phi) is 11.1. The Morgan fingerprint density at radius 3 is 2.29 bits per heavy atom. The van der Waals surface area contributed by atoms with Crippen molar-refractivity contribution in [3.63, 3.8) is 0 Å². The molecule has 3 amide bonds. The summed E-state index contributed by atoms with van der Waals surface area (Å²) in [5, 5.41) is 8.95. The third kappa shape index (κ3) is 8.63. The molecule has 0 aromatic heterocycles. The Hall–Kier alpha value is -4.24. The van der Waals surface area contributed by atoms with Crippen LogP contribution in [0.1, 0.15) is 22.8 Å². The van der Waals surface area contributed by atoms with E-state index >= 15 is 0 Å². The molecule has 7 nitrogen and oxygen atoms in total. The second kappa shape index (κ2) is 15.1. The van der Waals surface area contributed by atoms with E-state index in [1.54, 1.807) is 84.9 Å². The minimum Gasteiger partial charge on any atom is -0.493 e. The highest BCUT2D eigenvalue weighted by Gasteiger charge is 2.16. The lowest BCUT2D eigenvalue weighted by Crippen LogP contribution is -2.30. The molecular weight excluding hydrogens is 593 g/mol. The molecule has 0 saturated heterocycles. The highest BCUT2D eigenvalue weighted by atomic mass is 35.5. The van der Waals surface area contributed by atoms with Crippen molar-refractivity contribution < 1.29 is 19.1 Å². The number of rotatable bonds is 11. The number of carbonyl (C=O) groups excluding carboxylic acids is 3. The zero-order valence-electron chi connectivity index (χ0n) is 22.5. The second-order valence-electron chi connectivity index (χ2n) is 8.77. The van der Waals surface area contributed by atoms with Crippen LogP contribution < -0.4 is 20.7 Å². The van der Waals surface area contributed by atoms with Crippen molar-refractivity contribution in [1.82, 2.24) is 5.32 Å². The molecule has 4 aromatic rings. The van der Waals surface area contributed by atoms with Crippen LogP contribution in [0.2, 0.25) is 10.0 Å². The number of ether oxygens (including phenoxy) is 1. The van der Waals surface area contributed by atoms with E-state index in [4.69, 9.17) is 27.9 Å². The van der Waals surface area contributed by atoms with Crippen LogP contribution in [0.25, 0.3) is 6.08 Å². The van der Waals surface area contributed by atoms with Crippen LogP contribution in [0.4, 0.5) is 11.4 Å². The SMILES string of the molecule is CCOc1ccccc1/C=C(\NC(=O)c1ccccc1)C(=O)Nc1ccc(SCC(=O)Nc2cccc(Cl)c2Cl)cc1. The maximum Gasteiger partial charge on any atom is 0.272 e. The van der Waals surface area contributed by atoms with Gasteiger partial charge in [0.15, 0.2) is 0 Å². The number of thioether (sulfide) groups is 1. The number of hydrogen-bond donors (Lipinski definition) is 3. The fraction of sp³-hybridized carbons (Fsp3) is 0.0938. The molecule has 42 heavy (non-hydrogen) atoms. The van der Waals surface area contributed by atoms with Gasteiger partial charge in [0.05, 0.1) is 28.1 Å². The van der Waals surface area contributed by atoms with Crippen molar-refractivity contribution in [3.8, 4) is 5.75 Å². The summed E-state index contributed by atoms with van der Waals surface area (Å²) < 4.78 is 5.69. The largest absolute Gasteiger partial charge is 0.493 e. The van der Waals surface area contributed by atoms with Crippen LogP contribution in [0.5, 0.6) is 5.75 Å². The quantitative estimate of drug-likeness (QED) is 0.119. The van der Waals surface area contributed by atoms with Gasteiger partial charge in [-0.2, -0.15) is 0 Å². The van der Waals surface area contributed by atoms with Gasteiger partial charge < -0.3 is 20.7 Å². The molecule has 0 aliphatic rings. The summed E-state index contributed by atoms with van der Waals surface area (Å²) in [5.74, 6) is -0.439. The van der Waals surface area contributed by atoms with Gasteiger partial charge in [-0.25, -0.2) is 0 Å². The summed E-state index contributed by atoms with van der Waals surface area (Å²) in [6.07, 6.45) is 1.58. The number of amides is 3. The number of para-hydroxylation sites is 1. The molecule has 0 aliphatic heterocycles. The predicted molar refractivity (Wildman–Crippen MR) is 170 cm³/mol. The van der Waals surface area contributed by atoms with E-state index in [1.165, 1.54) is 11.8 Å². The highest BCUT2D eigenvalue weighted by Crippen LogP contribution is 2.30. The van der Waals surface area contributed by atoms with Crippen molar-refractivity contribution in [2.45, 2.75) is 11.8 Å². The normalized spacial score (nSPS) is 11.0. The first-order valence-electron chi connectivity index (χ1n) is 12.9. The number of anilines is 2. The maximum absolute atomic E-state index is 13.4. The maximum atomic E-state index is 13.4. The van der Waals surface area contributed by atoms with Crippen LogP contribution in [-0.2, 0) is 9.59 Å². The summed E-state index contributed by atoms with van der Waals surface area (Å²) in [6, 6.07) is 27.9. The Balaban J connectivity index is 1.44. The molecule has 4 aromatic carbocycles. The fourth-order valence-electron chi connectivity index (χ4n) is 3.75. The molecule has 0 radical (unpaired) electrons. The molecule has 3 N–H and O–H groups in total. The third-order valence-electron chi connectivity index (χ3n) is 5.76. The first-order valence-corrected chi connectivity index (χ1v) is 14.7. The molecule has 214 valence electrons. The monoisotopic (exact) mass is 619 g/mol. The zero-order valence-corrected chi connectivity index (χ0v) is 24.9. The molecule has 0 fully saturated rings. The number of hydrogen-bond acceptors (Lipinski definition) is 5. The van der Waals surface area contributed by atoms with Gasteiger partial charge in [-0.15, -0.1) is 11.8 Å². The van der Waals surface area contributed by atoms with E-state index in [2.05, 4.69) is 16.0 Å². The van der Waals surface area contributed by atoms with Crippen molar-refractivity contribution in [1.29, 1.82) is 0 Å². The Labute approximate surface area is 258 Å². The molecular formula is C32H27Cl2N3O4S. The Morgan fingerprint density at radius 1 is 0.833 bits per heavy atom. The van der Waals surface area contributed by atoms with Crippen LogP contribution in [0.15, 0.2) is 108 Å². The highest BCUT2D eigenvalue weighted by molar-refractivity contribution is 8.00. The van der Waals surface area contributed by atoms with Crippen LogP contribution in [0.3, 0.4) is 0 Å². The summed E-state index contributed by atoms with van der Waals surface area (Å²) in [6.45, 7) is 2.32. The van der Waals surface area contributed by atoms with Crippen molar-refractivity contribution in [2.75, 3.05) is 23.0 Å². The number of benzene rings is 4. The van der Waals surface area contributed by atoms with E-state index in [1.807, 2.05) is 25.1 Å². The molecule has 0 aliphatic carbocycles. The topological polar surface area (TPSA) is 96.5 Å². The second-order valence-corrected chi connectivity index (χ2v) is 10.6. The summed E-state index contributed by atoms with van der Waals surface area (Å²) in [7, 11) is 0. The van der Waals surface area contributed by atoms with Crippen LogP contribution in [0, 0.1) is 0 Å². The van der Waals surface area contributed by atoms with Gasteiger partial charge in [0.1, 0.15) is 11.4 Å². The van der Waals surface area contributed by atoms with E-state index in [-0.39, 0.29) is 22.4 Å². The zero-order chi connectivity index (χ0) is 29.9. The summed E-state index contributed by atoms with van der Waals surface area (Å²) in [5.41, 5.74) is 2.06. The van der Waals surface area contributed by atoms with Gasteiger partial charge in [-0.3, -0.25) is 14.4 Å². The van der Waals surface area contributed by atoms with E-state index in [0.717, 1.165) is 4.90 Å². The van der Waals surface area contributed by atoms with Crippen molar-refractivity contribution >= 4 is 70.1 Å². The standard InChI is InChI=1S/C32H27Cl2N3O4S/c1-2-41-28-14-7-6-11-22(28)19-27(37-31(39)21-9-4-3-5-10-21)32(40)35-23-15-17-24(18-16-23)42-20-29(38)36-26-13-8-12-25(33)30(26)34/h3-19H,2,20H2,1H3,(H,35,40)(H,36,38)(H,37,39)/b27-19-. The van der Waals surface area contributed by atoms with Crippen molar-refractivity contribution in [3.05, 3.63) is 124 Å². The lowest BCUT2D eigenvalue weighted by molar-refractivity contribution is -0.114. The van der Waals surface area contributed by atoms with Gasteiger partial charge in [0, 0.05) is 21.7 Å². The molecule has 10 heteroatoms. The van der Waals surface area contributed by atoms with Crippen molar-refractivity contribution in [2.24, 2.45) is 0 Å². The van der Waals surface area contributed by atoms with Crippen LogP contribution >= 0.6 is 35.0 Å². The molecule has 4 rings (SSSR count). The van der Waals surface area contributed by atoms with Gasteiger partial charge in [0.2, 0.25) is 5.91 Å². The van der Waals surface area contributed by atoms with Crippen LogP contribution in [-0.4, -0.2) is 30.1 Å². The molecule has 0 atom stereocenters. The van der Waals surface area contributed by atoms with Gasteiger partial charge >= 0.3 is 0 Å². The Bertz CT molecular complexity index is 1600. The average molecular weight is 621 g/mol. The average Bonchev–Trinajstić information content (AvgIpc) is 3.00.